The Hall–Kier alpha value is -0.710. The van der Waals surface area contributed by atoms with Gasteiger partial charge in [0.15, 0.2) is 0 Å². The lowest BCUT2D eigenvalue weighted by Gasteiger charge is -2.39. The first-order chi connectivity index (χ1) is 8.52. The van der Waals surface area contributed by atoms with E-state index in [1.807, 2.05) is 16.7 Å². The van der Waals surface area contributed by atoms with E-state index in [1.54, 1.807) is 0 Å². The van der Waals surface area contributed by atoms with Gasteiger partial charge in [-0.2, -0.15) is 11.8 Å². The number of carboxylic acids is 1. The number of hydrogen-bond acceptors (Lipinski definition) is 3. The number of amides is 1. The summed E-state index contributed by atoms with van der Waals surface area (Å²) in [7, 11) is 0. The Morgan fingerprint density at radius 3 is 2.56 bits per heavy atom. The summed E-state index contributed by atoms with van der Waals surface area (Å²) in [6.45, 7) is 4.97. The molecule has 5 heteroatoms. The summed E-state index contributed by atoms with van der Waals surface area (Å²) in [5, 5.41) is 9.61. The Kier molecular flexibility index (Phi) is 4.20. The van der Waals surface area contributed by atoms with Gasteiger partial charge >= 0.3 is 5.97 Å². The zero-order chi connectivity index (χ0) is 13.3. The Morgan fingerprint density at radius 2 is 1.89 bits per heavy atom. The van der Waals surface area contributed by atoms with Gasteiger partial charge in [-0.05, 0) is 19.8 Å². The minimum absolute atomic E-state index is 0.0690. The number of nitrogens with zero attached hydrogens (tertiary/aromatic N) is 1. The predicted octanol–water partition coefficient (Wildman–Crippen LogP) is 1.84. The van der Waals surface area contributed by atoms with Gasteiger partial charge < -0.3 is 10.0 Å². The smallest absolute Gasteiger partial charge is 0.307 e. The zero-order valence-corrected chi connectivity index (χ0v) is 11.8. The first-order valence-corrected chi connectivity index (χ1v) is 7.72. The van der Waals surface area contributed by atoms with Crippen molar-refractivity contribution in [1.82, 2.24) is 4.90 Å². The molecular weight excluding hydrogens is 250 g/mol. The van der Waals surface area contributed by atoms with Gasteiger partial charge in [0.1, 0.15) is 0 Å². The average Bonchev–Trinajstić information content (AvgIpc) is 2.81. The quantitative estimate of drug-likeness (QED) is 0.832. The molecule has 18 heavy (non-hydrogen) atoms. The van der Waals surface area contributed by atoms with Gasteiger partial charge in [0, 0.05) is 23.6 Å². The number of hydrogen-bond donors (Lipinski definition) is 1. The van der Waals surface area contributed by atoms with Crippen LogP contribution in [-0.2, 0) is 9.59 Å². The Balaban J connectivity index is 2.08. The molecule has 1 aliphatic heterocycles. The Morgan fingerprint density at radius 1 is 1.22 bits per heavy atom. The third-order valence-corrected chi connectivity index (χ3v) is 5.66. The molecule has 2 rings (SSSR count). The van der Waals surface area contributed by atoms with Crippen LogP contribution in [0.1, 0.15) is 33.1 Å². The summed E-state index contributed by atoms with van der Waals surface area (Å²) in [6, 6.07) is 0.214. The Labute approximate surface area is 112 Å². The highest BCUT2D eigenvalue weighted by molar-refractivity contribution is 8.00. The third-order valence-electron chi connectivity index (χ3n) is 4.32. The van der Waals surface area contributed by atoms with Gasteiger partial charge in [-0.3, -0.25) is 9.59 Å². The van der Waals surface area contributed by atoms with Crippen molar-refractivity contribution in [3.05, 3.63) is 0 Å². The van der Waals surface area contributed by atoms with Crippen LogP contribution < -0.4 is 0 Å². The Bertz CT molecular complexity index is 347. The van der Waals surface area contributed by atoms with Crippen LogP contribution in [0.25, 0.3) is 0 Å². The average molecular weight is 271 g/mol. The summed E-state index contributed by atoms with van der Waals surface area (Å²) in [6.07, 6.45) is 2.25. The van der Waals surface area contributed by atoms with Crippen LogP contribution >= 0.6 is 11.8 Å². The molecule has 102 valence electrons. The second kappa shape index (κ2) is 5.51. The van der Waals surface area contributed by atoms with Crippen LogP contribution in [0.2, 0.25) is 0 Å². The summed E-state index contributed by atoms with van der Waals surface area (Å²) >= 11 is 1.89. The van der Waals surface area contributed by atoms with E-state index in [-0.39, 0.29) is 17.9 Å². The number of thioether (sulfide) groups is 1. The van der Waals surface area contributed by atoms with Crippen LogP contribution in [-0.4, -0.2) is 45.5 Å². The third kappa shape index (κ3) is 2.51. The minimum atomic E-state index is -0.807. The lowest BCUT2D eigenvalue weighted by molar-refractivity contribution is -0.149. The molecule has 4 nitrogen and oxygen atoms in total. The first-order valence-electron chi connectivity index (χ1n) is 6.67. The van der Waals surface area contributed by atoms with E-state index in [0.717, 1.165) is 25.1 Å². The lowest BCUT2D eigenvalue weighted by atomic mass is 9.94. The topological polar surface area (TPSA) is 57.6 Å². The molecule has 2 aliphatic rings. The normalized spacial score (nSPS) is 36.7. The fourth-order valence-electron chi connectivity index (χ4n) is 3.01. The van der Waals surface area contributed by atoms with Crippen molar-refractivity contribution < 1.29 is 14.7 Å². The van der Waals surface area contributed by atoms with Gasteiger partial charge in [-0.1, -0.05) is 13.3 Å². The predicted molar refractivity (Wildman–Crippen MR) is 71.6 cm³/mol. The van der Waals surface area contributed by atoms with Gasteiger partial charge in [0.25, 0.3) is 0 Å². The van der Waals surface area contributed by atoms with Gasteiger partial charge in [-0.25, -0.2) is 0 Å². The van der Waals surface area contributed by atoms with E-state index in [9.17, 15) is 14.7 Å². The molecule has 0 aromatic heterocycles. The summed E-state index contributed by atoms with van der Waals surface area (Å²) in [5.74, 6) is -0.533. The van der Waals surface area contributed by atoms with E-state index in [1.165, 1.54) is 0 Å². The molecule has 4 atom stereocenters. The maximum atomic E-state index is 12.5. The fraction of sp³-hybridized carbons (Fsp3) is 0.846. The number of carbonyl (C=O) groups excluding carboxylic acids is 1. The molecule has 1 saturated heterocycles. The summed E-state index contributed by atoms with van der Waals surface area (Å²) in [5.41, 5.74) is 0. The number of carbonyl (C=O) groups is 2. The molecule has 1 amide bonds. The number of carboxylic acid groups (broad SMARTS) is 1. The standard InChI is InChI=1S/C13H21NO3S/c1-8-9(2)18-7-6-14(8)12(15)10-4-3-5-11(10)13(16)17/h8-11H,3-7H2,1-2H3,(H,16,17). The molecule has 1 aliphatic carbocycles. The van der Waals surface area contributed by atoms with Crippen molar-refractivity contribution in [1.29, 1.82) is 0 Å². The van der Waals surface area contributed by atoms with E-state index in [2.05, 4.69) is 13.8 Å². The lowest BCUT2D eigenvalue weighted by Crippen LogP contribution is -2.51. The van der Waals surface area contributed by atoms with Crippen molar-refractivity contribution in [2.75, 3.05) is 12.3 Å². The monoisotopic (exact) mass is 271 g/mol. The van der Waals surface area contributed by atoms with Gasteiger partial charge in [0.05, 0.1) is 11.8 Å². The molecule has 4 unspecified atom stereocenters. The first kappa shape index (κ1) is 13.7. The highest BCUT2D eigenvalue weighted by Crippen LogP contribution is 2.35. The maximum absolute atomic E-state index is 12.5. The molecule has 0 aromatic rings. The second-order valence-corrected chi connectivity index (χ2v) is 6.82. The molecule has 1 heterocycles. The van der Waals surface area contributed by atoms with E-state index >= 15 is 0 Å². The number of aliphatic carboxylic acids is 1. The highest BCUT2D eigenvalue weighted by atomic mass is 32.2. The molecule has 0 bridgehead atoms. The summed E-state index contributed by atoms with van der Waals surface area (Å²) in [4.78, 5) is 25.6. The van der Waals surface area contributed by atoms with Crippen molar-refractivity contribution in [2.24, 2.45) is 11.8 Å². The van der Waals surface area contributed by atoms with Crippen LogP contribution in [0.4, 0.5) is 0 Å². The van der Waals surface area contributed by atoms with E-state index in [0.29, 0.717) is 11.7 Å². The van der Waals surface area contributed by atoms with Crippen molar-refractivity contribution in [3.63, 3.8) is 0 Å². The molecular formula is C13H21NO3S. The second-order valence-electron chi connectivity index (χ2n) is 5.33. The largest absolute Gasteiger partial charge is 0.481 e. The molecule has 0 spiro atoms. The molecule has 2 fully saturated rings. The van der Waals surface area contributed by atoms with Gasteiger partial charge in [-0.15, -0.1) is 0 Å². The van der Waals surface area contributed by atoms with Crippen LogP contribution in [0, 0.1) is 11.8 Å². The SMILES string of the molecule is CC1SCCN(C(=O)C2CCCC2C(=O)O)C1C. The van der Waals surface area contributed by atoms with Crippen molar-refractivity contribution >= 4 is 23.6 Å². The molecule has 0 radical (unpaired) electrons. The molecule has 0 aromatic carbocycles. The fourth-order valence-corrected chi connectivity index (χ4v) is 4.11. The number of rotatable bonds is 2. The van der Waals surface area contributed by atoms with Crippen molar-refractivity contribution in [3.8, 4) is 0 Å². The van der Waals surface area contributed by atoms with Crippen LogP contribution in [0.15, 0.2) is 0 Å². The summed E-state index contributed by atoms with van der Waals surface area (Å²) < 4.78 is 0. The van der Waals surface area contributed by atoms with Crippen LogP contribution in [0.5, 0.6) is 0 Å². The van der Waals surface area contributed by atoms with E-state index in [4.69, 9.17) is 0 Å². The van der Waals surface area contributed by atoms with Gasteiger partial charge in [0.2, 0.25) is 5.91 Å². The van der Waals surface area contributed by atoms with Crippen LogP contribution in [0.3, 0.4) is 0 Å². The minimum Gasteiger partial charge on any atom is -0.481 e. The zero-order valence-electron chi connectivity index (χ0n) is 11.0. The van der Waals surface area contributed by atoms with E-state index < -0.39 is 11.9 Å². The maximum Gasteiger partial charge on any atom is 0.307 e. The highest BCUT2D eigenvalue weighted by Gasteiger charge is 2.41. The molecule has 1 saturated carbocycles. The molecule has 1 N–H and O–H groups in total. The van der Waals surface area contributed by atoms with Crippen molar-refractivity contribution in [2.45, 2.75) is 44.4 Å².